The summed E-state index contributed by atoms with van der Waals surface area (Å²) in [6, 6.07) is 3.58. The van der Waals surface area contributed by atoms with E-state index in [-0.39, 0.29) is 11.5 Å². The molecular formula is C20H23N7OS. The molecule has 0 amide bonds. The van der Waals surface area contributed by atoms with Crippen molar-refractivity contribution in [2.45, 2.75) is 26.7 Å². The van der Waals surface area contributed by atoms with Crippen molar-refractivity contribution < 1.29 is 0 Å². The molecule has 0 aliphatic carbocycles. The molecule has 5 rings (SSSR count). The largest absolute Gasteiger partial charge is 0.360 e. The van der Waals surface area contributed by atoms with Crippen LogP contribution in [-0.4, -0.2) is 50.2 Å². The minimum atomic E-state index is -0.0857. The summed E-state index contributed by atoms with van der Waals surface area (Å²) in [7, 11) is 0. The summed E-state index contributed by atoms with van der Waals surface area (Å²) in [5.41, 5.74) is 4.07. The molecule has 5 heterocycles. The van der Waals surface area contributed by atoms with Crippen molar-refractivity contribution in [2.75, 3.05) is 31.1 Å². The molecule has 1 saturated heterocycles. The van der Waals surface area contributed by atoms with Crippen molar-refractivity contribution in [1.29, 1.82) is 0 Å². The van der Waals surface area contributed by atoms with Gasteiger partial charge < -0.3 is 10.2 Å². The second-order valence-corrected chi connectivity index (χ2v) is 8.72. The number of imidazole rings is 1. The maximum absolute atomic E-state index is 12.8. The topological polar surface area (TPSA) is 79.8 Å². The van der Waals surface area contributed by atoms with Crippen LogP contribution in [0, 0.1) is 6.92 Å². The SMILES string of the molecule is Cc1cn2nc(-c3cc(=O)n4cc(N5CCNCC5)sc4n3)cc(C(C)C)c2n1. The number of thiazole rings is 1. The van der Waals surface area contributed by atoms with E-state index in [1.54, 1.807) is 26.3 Å². The van der Waals surface area contributed by atoms with Gasteiger partial charge in [0.1, 0.15) is 10.7 Å². The predicted molar refractivity (Wildman–Crippen MR) is 115 cm³/mol. The number of anilines is 1. The van der Waals surface area contributed by atoms with E-state index in [0.29, 0.717) is 16.3 Å². The van der Waals surface area contributed by atoms with Crippen molar-refractivity contribution in [1.82, 2.24) is 29.3 Å². The number of hydrogen-bond acceptors (Lipinski definition) is 7. The van der Waals surface area contributed by atoms with Crippen LogP contribution < -0.4 is 15.8 Å². The summed E-state index contributed by atoms with van der Waals surface area (Å²) >= 11 is 1.55. The Morgan fingerprint density at radius 2 is 1.90 bits per heavy atom. The highest BCUT2D eigenvalue weighted by molar-refractivity contribution is 7.20. The molecule has 4 aromatic heterocycles. The van der Waals surface area contributed by atoms with E-state index in [4.69, 9.17) is 4.98 Å². The average molecular weight is 410 g/mol. The number of aromatic nitrogens is 5. The first kappa shape index (κ1) is 18.3. The van der Waals surface area contributed by atoms with Crippen LogP contribution in [0.5, 0.6) is 0 Å². The van der Waals surface area contributed by atoms with Crippen molar-refractivity contribution in [3.63, 3.8) is 0 Å². The molecule has 8 nitrogen and oxygen atoms in total. The van der Waals surface area contributed by atoms with Gasteiger partial charge in [-0.2, -0.15) is 5.10 Å². The van der Waals surface area contributed by atoms with Gasteiger partial charge in [0.25, 0.3) is 5.56 Å². The third-order valence-corrected chi connectivity index (χ3v) is 6.29. The van der Waals surface area contributed by atoms with Gasteiger partial charge in [-0.1, -0.05) is 25.2 Å². The summed E-state index contributed by atoms with van der Waals surface area (Å²) in [5.74, 6) is 0.284. The number of nitrogens with zero attached hydrogens (tertiary/aromatic N) is 6. The summed E-state index contributed by atoms with van der Waals surface area (Å²) in [6.07, 6.45) is 3.81. The van der Waals surface area contributed by atoms with Crippen molar-refractivity contribution >= 4 is 26.9 Å². The molecule has 0 bridgehead atoms. The molecule has 0 spiro atoms. The number of piperazine rings is 1. The molecule has 1 fully saturated rings. The van der Waals surface area contributed by atoms with Crippen LogP contribution in [-0.2, 0) is 0 Å². The zero-order chi connectivity index (χ0) is 20.1. The fourth-order valence-corrected chi connectivity index (χ4v) is 4.76. The molecule has 29 heavy (non-hydrogen) atoms. The van der Waals surface area contributed by atoms with E-state index in [1.807, 2.05) is 25.4 Å². The van der Waals surface area contributed by atoms with Gasteiger partial charge in [0.05, 0.1) is 17.6 Å². The van der Waals surface area contributed by atoms with Gasteiger partial charge in [0.15, 0.2) is 10.6 Å². The predicted octanol–water partition coefficient (Wildman–Crippen LogP) is 2.31. The van der Waals surface area contributed by atoms with Crippen molar-refractivity contribution in [3.8, 4) is 11.4 Å². The number of rotatable bonds is 3. The van der Waals surface area contributed by atoms with Crippen LogP contribution in [0.1, 0.15) is 31.0 Å². The lowest BCUT2D eigenvalue weighted by Gasteiger charge is -2.27. The summed E-state index contributed by atoms with van der Waals surface area (Å²) in [5, 5.41) is 9.11. The number of fused-ring (bicyclic) bond motifs is 2. The Hall–Kier alpha value is -2.78. The lowest BCUT2D eigenvalue weighted by Crippen LogP contribution is -2.43. The highest BCUT2D eigenvalue weighted by Gasteiger charge is 2.18. The van der Waals surface area contributed by atoms with Crippen LogP contribution in [0.15, 0.2) is 29.3 Å². The van der Waals surface area contributed by atoms with E-state index in [1.165, 1.54) is 0 Å². The first-order valence-electron chi connectivity index (χ1n) is 9.86. The molecule has 0 unspecified atom stereocenters. The van der Waals surface area contributed by atoms with E-state index >= 15 is 0 Å². The highest BCUT2D eigenvalue weighted by atomic mass is 32.1. The minimum absolute atomic E-state index is 0.0857. The summed E-state index contributed by atoms with van der Waals surface area (Å²) in [6.45, 7) is 10.00. The van der Waals surface area contributed by atoms with E-state index in [9.17, 15) is 4.79 Å². The average Bonchev–Trinajstić information content (AvgIpc) is 3.30. The molecule has 0 aromatic carbocycles. The normalized spacial score (nSPS) is 15.1. The molecule has 1 N–H and O–H groups in total. The third kappa shape index (κ3) is 3.20. The van der Waals surface area contributed by atoms with Gasteiger partial charge in [-0.3, -0.25) is 9.20 Å². The molecular weight excluding hydrogens is 386 g/mol. The Labute approximate surface area is 171 Å². The monoisotopic (exact) mass is 409 g/mol. The Balaban J connectivity index is 1.64. The lowest BCUT2D eigenvalue weighted by atomic mass is 10.0. The van der Waals surface area contributed by atoms with Crippen LogP contribution in [0.4, 0.5) is 5.00 Å². The van der Waals surface area contributed by atoms with Gasteiger partial charge in [-0.25, -0.2) is 14.5 Å². The number of nitrogens with one attached hydrogen (secondary N) is 1. The highest BCUT2D eigenvalue weighted by Crippen LogP contribution is 2.28. The molecule has 0 saturated carbocycles. The molecule has 0 radical (unpaired) electrons. The van der Waals surface area contributed by atoms with Crippen LogP contribution >= 0.6 is 11.3 Å². The fourth-order valence-electron chi connectivity index (χ4n) is 3.72. The molecule has 0 atom stereocenters. The minimum Gasteiger partial charge on any atom is -0.360 e. The first-order chi connectivity index (χ1) is 14.0. The Bertz CT molecular complexity index is 1260. The van der Waals surface area contributed by atoms with Crippen molar-refractivity contribution in [2.24, 2.45) is 0 Å². The van der Waals surface area contributed by atoms with E-state index in [0.717, 1.165) is 48.1 Å². The maximum atomic E-state index is 12.8. The molecule has 1 aliphatic rings. The van der Waals surface area contributed by atoms with Crippen LogP contribution in [0.25, 0.3) is 22.0 Å². The summed E-state index contributed by atoms with van der Waals surface area (Å²) < 4.78 is 3.43. The molecule has 9 heteroatoms. The van der Waals surface area contributed by atoms with Gasteiger partial charge in [-0.15, -0.1) is 0 Å². The van der Waals surface area contributed by atoms with Gasteiger partial charge in [0.2, 0.25) is 0 Å². The third-order valence-electron chi connectivity index (χ3n) is 5.24. The van der Waals surface area contributed by atoms with E-state index < -0.39 is 0 Å². The Morgan fingerprint density at radius 3 is 2.66 bits per heavy atom. The second kappa shape index (κ2) is 6.93. The first-order valence-corrected chi connectivity index (χ1v) is 10.7. The van der Waals surface area contributed by atoms with Gasteiger partial charge in [-0.05, 0) is 18.9 Å². The zero-order valence-corrected chi connectivity index (χ0v) is 17.5. The second-order valence-electron chi connectivity index (χ2n) is 7.73. The maximum Gasteiger partial charge on any atom is 0.259 e. The quantitative estimate of drug-likeness (QED) is 0.559. The number of aryl methyl sites for hydroxylation is 1. The Kier molecular flexibility index (Phi) is 4.36. The van der Waals surface area contributed by atoms with E-state index in [2.05, 4.69) is 34.1 Å². The zero-order valence-electron chi connectivity index (χ0n) is 16.7. The standard InChI is InChI=1S/C20H23N7OS/c1-12(2)14-8-16(24-27-10-13(3)22-19(14)27)15-9-17(28)26-11-18(29-20(26)23-15)25-6-4-21-5-7-25/h8-12,21H,4-7H2,1-3H3. The Morgan fingerprint density at radius 1 is 1.10 bits per heavy atom. The van der Waals surface area contributed by atoms with Gasteiger partial charge in [0, 0.05) is 44.0 Å². The summed E-state index contributed by atoms with van der Waals surface area (Å²) in [4.78, 5) is 25.2. The lowest BCUT2D eigenvalue weighted by molar-refractivity contribution is 0.591. The van der Waals surface area contributed by atoms with Crippen LogP contribution in [0.3, 0.4) is 0 Å². The number of hydrogen-bond donors (Lipinski definition) is 1. The smallest absolute Gasteiger partial charge is 0.259 e. The molecule has 1 aliphatic heterocycles. The van der Waals surface area contributed by atoms with Crippen LogP contribution in [0.2, 0.25) is 0 Å². The molecule has 4 aromatic rings. The molecule has 150 valence electrons. The van der Waals surface area contributed by atoms with Crippen molar-refractivity contribution in [3.05, 3.63) is 46.1 Å². The van der Waals surface area contributed by atoms with Gasteiger partial charge >= 0.3 is 0 Å². The fraction of sp³-hybridized carbons (Fsp3) is 0.400.